The Bertz CT molecular complexity index is 486. The Hall–Kier alpha value is -0.870. The Labute approximate surface area is 120 Å². The van der Waals surface area contributed by atoms with Gasteiger partial charge in [-0.25, -0.2) is 4.98 Å². The van der Waals surface area contributed by atoms with Gasteiger partial charge in [-0.2, -0.15) is 0 Å². The van der Waals surface area contributed by atoms with Crippen LogP contribution in [0.3, 0.4) is 0 Å². The van der Waals surface area contributed by atoms with Crippen molar-refractivity contribution >= 4 is 16.3 Å². The minimum absolute atomic E-state index is 0.291. The molecule has 2 rings (SSSR count). The Morgan fingerprint density at radius 3 is 2.89 bits per heavy atom. The second kappa shape index (κ2) is 6.06. The van der Waals surface area contributed by atoms with Gasteiger partial charge in [0.25, 0.3) is 0 Å². The fourth-order valence-corrected chi connectivity index (χ4v) is 2.99. The summed E-state index contributed by atoms with van der Waals surface area (Å²) in [6.45, 7) is 11.3. The summed E-state index contributed by atoms with van der Waals surface area (Å²) in [5, 5.41) is 5.67. The Balaban J connectivity index is 1.98. The van der Waals surface area contributed by atoms with Crippen molar-refractivity contribution in [2.24, 2.45) is 11.3 Å². The lowest BCUT2D eigenvalue weighted by molar-refractivity contribution is 0.283. The van der Waals surface area contributed by atoms with Crippen molar-refractivity contribution in [2.75, 3.05) is 13.1 Å². The third-order valence-corrected chi connectivity index (χ3v) is 4.48. The summed E-state index contributed by atoms with van der Waals surface area (Å²) in [4.78, 5) is 5.80. The van der Waals surface area contributed by atoms with Gasteiger partial charge in [0, 0.05) is 24.3 Å². The van der Waals surface area contributed by atoms with Gasteiger partial charge in [0.1, 0.15) is 0 Å². The van der Waals surface area contributed by atoms with Crippen LogP contribution in [-0.4, -0.2) is 22.5 Å². The molecule has 1 unspecified atom stereocenters. The first-order chi connectivity index (χ1) is 9.02. The van der Waals surface area contributed by atoms with Crippen molar-refractivity contribution in [3.63, 3.8) is 0 Å². The number of nitrogens with zero attached hydrogens (tertiary/aromatic N) is 2. The molecule has 0 aliphatic heterocycles. The standard InChI is InChI=1S/C15H25N3S/c1-5-15(4,11-16-9-12(2)3)8-13-10-18-6-7-19-14(18)17-13/h6-7,10,12,16H,5,8-9,11H2,1-4H3. The van der Waals surface area contributed by atoms with Gasteiger partial charge < -0.3 is 5.32 Å². The molecule has 0 amide bonds. The van der Waals surface area contributed by atoms with Gasteiger partial charge in [-0.05, 0) is 30.7 Å². The fourth-order valence-electron chi connectivity index (χ4n) is 2.27. The van der Waals surface area contributed by atoms with Crippen LogP contribution in [0.1, 0.15) is 39.8 Å². The average molecular weight is 279 g/mol. The number of aromatic nitrogens is 2. The second-order valence-electron chi connectivity index (χ2n) is 6.19. The van der Waals surface area contributed by atoms with E-state index in [9.17, 15) is 0 Å². The minimum Gasteiger partial charge on any atom is -0.316 e. The predicted octanol–water partition coefficient (Wildman–Crippen LogP) is 3.60. The molecule has 106 valence electrons. The van der Waals surface area contributed by atoms with Crippen LogP contribution in [0.15, 0.2) is 17.8 Å². The molecule has 0 radical (unpaired) electrons. The molecule has 0 aromatic carbocycles. The highest BCUT2D eigenvalue weighted by Crippen LogP contribution is 2.26. The third kappa shape index (κ3) is 3.80. The maximum Gasteiger partial charge on any atom is 0.193 e. The van der Waals surface area contributed by atoms with E-state index in [-0.39, 0.29) is 0 Å². The summed E-state index contributed by atoms with van der Waals surface area (Å²) in [5.74, 6) is 0.707. The zero-order chi connectivity index (χ0) is 13.9. The largest absolute Gasteiger partial charge is 0.316 e. The van der Waals surface area contributed by atoms with E-state index in [4.69, 9.17) is 4.98 Å². The molecule has 1 N–H and O–H groups in total. The van der Waals surface area contributed by atoms with Gasteiger partial charge in [0.15, 0.2) is 4.96 Å². The topological polar surface area (TPSA) is 29.3 Å². The molecule has 0 aliphatic rings. The lowest BCUT2D eigenvalue weighted by atomic mass is 9.82. The van der Waals surface area contributed by atoms with Crippen LogP contribution in [0, 0.1) is 11.3 Å². The average Bonchev–Trinajstić information content (AvgIpc) is 2.89. The Kier molecular flexibility index (Phi) is 4.63. The molecule has 0 saturated carbocycles. The molecule has 19 heavy (non-hydrogen) atoms. The third-order valence-electron chi connectivity index (χ3n) is 3.71. The van der Waals surface area contributed by atoms with Gasteiger partial charge in [0.2, 0.25) is 0 Å². The van der Waals surface area contributed by atoms with E-state index in [0.29, 0.717) is 11.3 Å². The van der Waals surface area contributed by atoms with Crippen molar-refractivity contribution in [3.05, 3.63) is 23.5 Å². The quantitative estimate of drug-likeness (QED) is 0.839. The highest BCUT2D eigenvalue weighted by atomic mass is 32.1. The molecule has 0 aliphatic carbocycles. The van der Waals surface area contributed by atoms with Crippen LogP contribution in [0.25, 0.3) is 4.96 Å². The second-order valence-corrected chi connectivity index (χ2v) is 7.06. The van der Waals surface area contributed by atoms with Crippen molar-refractivity contribution < 1.29 is 0 Å². The molecule has 3 nitrogen and oxygen atoms in total. The maximum atomic E-state index is 4.70. The zero-order valence-electron chi connectivity index (χ0n) is 12.4. The minimum atomic E-state index is 0.291. The van der Waals surface area contributed by atoms with E-state index in [1.165, 1.54) is 12.1 Å². The summed E-state index contributed by atoms with van der Waals surface area (Å²) in [6, 6.07) is 0. The molecule has 2 aromatic heterocycles. The highest BCUT2D eigenvalue weighted by Gasteiger charge is 2.23. The molecular weight excluding hydrogens is 254 g/mol. The molecule has 2 aromatic rings. The summed E-state index contributed by atoms with van der Waals surface area (Å²) in [6.07, 6.45) is 6.46. The maximum absolute atomic E-state index is 4.70. The van der Waals surface area contributed by atoms with Crippen LogP contribution in [0.4, 0.5) is 0 Å². The van der Waals surface area contributed by atoms with E-state index in [2.05, 4.69) is 55.2 Å². The lowest BCUT2D eigenvalue weighted by Gasteiger charge is -2.28. The Morgan fingerprint density at radius 1 is 1.47 bits per heavy atom. The normalized spacial score (nSPS) is 15.2. The number of rotatable bonds is 7. The SMILES string of the molecule is CCC(C)(CNCC(C)C)Cc1cn2ccsc2n1. The molecule has 1 atom stereocenters. The highest BCUT2D eigenvalue weighted by molar-refractivity contribution is 7.15. The van der Waals surface area contributed by atoms with Crippen molar-refractivity contribution in [2.45, 2.75) is 40.5 Å². The van der Waals surface area contributed by atoms with E-state index in [1.54, 1.807) is 11.3 Å². The van der Waals surface area contributed by atoms with Crippen LogP contribution in [-0.2, 0) is 6.42 Å². The first kappa shape index (κ1) is 14.5. The summed E-state index contributed by atoms with van der Waals surface area (Å²) in [7, 11) is 0. The smallest absolute Gasteiger partial charge is 0.193 e. The number of fused-ring (bicyclic) bond motifs is 1. The molecule has 4 heteroatoms. The first-order valence-electron chi connectivity index (χ1n) is 7.14. The van der Waals surface area contributed by atoms with Crippen molar-refractivity contribution in [1.82, 2.24) is 14.7 Å². The summed E-state index contributed by atoms with van der Waals surface area (Å²) < 4.78 is 2.12. The molecule has 0 saturated heterocycles. The van der Waals surface area contributed by atoms with Gasteiger partial charge in [-0.3, -0.25) is 4.40 Å². The molecule has 0 bridgehead atoms. The van der Waals surface area contributed by atoms with Crippen molar-refractivity contribution in [1.29, 1.82) is 0 Å². The summed E-state index contributed by atoms with van der Waals surface area (Å²) in [5.41, 5.74) is 1.50. The van der Waals surface area contributed by atoms with Gasteiger partial charge in [-0.1, -0.05) is 27.7 Å². The van der Waals surface area contributed by atoms with E-state index in [1.807, 2.05) is 0 Å². The molecule has 2 heterocycles. The number of imidazole rings is 1. The molecular formula is C15H25N3S. The van der Waals surface area contributed by atoms with Gasteiger partial charge >= 0.3 is 0 Å². The van der Waals surface area contributed by atoms with E-state index in [0.717, 1.165) is 24.5 Å². The molecule has 0 spiro atoms. The number of thiazole rings is 1. The fraction of sp³-hybridized carbons (Fsp3) is 0.667. The van der Waals surface area contributed by atoms with Gasteiger partial charge in [-0.15, -0.1) is 11.3 Å². The first-order valence-corrected chi connectivity index (χ1v) is 8.02. The van der Waals surface area contributed by atoms with Crippen LogP contribution in [0.5, 0.6) is 0 Å². The lowest BCUT2D eigenvalue weighted by Crippen LogP contribution is -2.35. The van der Waals surface area contributed by atoms with Crippen molar-refractivity contribution in [3.8, 4) is 0 Å². The zero-order valence-corrected chi connectivity index (χ0v) is 13.3. The van der Waals surface area contributed by atoms with Crippen LogP contribution in [0.2, 0.25) is 0 Å². The van der Waals surface area contributed by atoms with Crippen LogP contribution < -0.4 is 5.32 Å². The number of nitrogens with one attached hydrogen (secondary N) is 1. The number of hydrogen-bond acceptors (Lipinski definition) is 3. The predicted molar refractivity (Wildman–Crippen MR) is 82.9 cm³/mol. The monoisotopic (exact) mass is 279 g/mol. The van der Waals surface area contributed by atoms with Gasteiger partial charge in [0.05, 0.1) is 5.69 Å². The van der Waals surface area contributed by atoms with E-state index < -0.39 is 0 Å². The Morgan fingerprint density at radius 2 is 2.26 bits per heavy atom. The van der Waals surface area contributed by atoms with E-state index >= 15 is 0 Å². The number of hydrogen-bond donors (Lipinski definition) is 1. The molecule has 0 fully saturated rings. The summed E-state index contributed by atoms with van der Waals surface area (Å²) >= 11 is 1.70. The van der Waals surface area contributed by atoms with Crippen LogP contribution >= 0.6 is 11.3 Å².